The first-order valence-corrected chi connectivity index (χ1v) is 10.1. The minimum Gasteiger partial charge on any atom is -0.504 e. The maximum Gasteiger partial charge on any atom is 0.320 e. The standard InChI is InChI=1S/C18H20O5.C6H9N3O2/c1-20-15-8-7-12(9-14(15)19)5-6-13-10-16(21-2)18(23-4)17(11-13)22-3;7-5(6(10)11)1-4-2-8-3-9-4/h5-11,19H,1-4H3;2-3,5H,1,7H2,(H,8,9)(H,10,11)/b6-5-;/t;5-/m.0/s1. The molecule has 0 unspecified atom stereocenters. The lowest BCUT2D eigenvalue weighted by Crippen LogP contribution is -2.32. The lowest BCUT2D eigenvalue weighted by Gasteiger charge is -2.12. The number of imidazole rings is 1. The van der Waals surface area contributed by atoms with Gasteiger partial charge in [0.05, 0.1) is 34.8 Å². The Morgan fingerprint density at radius 3 is 2.09 bits per heavy atom. The van der Waals surface area contributed by atoms with Crippen molar-refractivity contribution in [3.63, 3.8) is 0 Å². The van der Waals surface area contributed by atoms with Crippen LogP contribution in [-0.2, 0) is 11.2 Å². The summed E-state index contributed by atoms with van der Waals surface area (Å²) in [5.41, 5.74) is 7.72. The van der Waals surface area contributed by atoms with Gasteiger partial charge in [-0.25, -0.2) is 4.98 Å². The van der Waals surface area contributed by atoms with E-state index in [1.54, 1.807) is 39.7 Å². The molecule has 0 spiro atoms. The summed E-state index contributed by atoms with van der Waals surface area (Å²) in [6.07, 6.45) is 7.10. The Balaban J connectivity index is 0.000000310. The van der Waals surface area contributed by atoms with E-state index in [1.807, 2.05) is 30.4 Å². The number of hydrogen-bond acceptors (Lipinski definition) is 8. The maximum absolute atomic E-state index is 10.3. The van der Waals surface area contributed by atoms with Gasteiger partial charge in [-0.15, -0.1) is 0 Å². The molecular formula is C24H29N3O7. The van der Waals surface area contributed by atoms with Gasteiger partial charge < -0.3 is 39.9 Å². The molecular weight excluding hydrogens is 442 g/mol. The fraction of sp³-hybridized carbons (Fsp3) is 0.250. The molecule has 1 aromatic heterocycles. The number of benzene rings is 2. The molecule has 182 valence electrons. The first-order chi connectivity index (χ1) is 16.3. The third-order valence-corrected chi connectivity index (χ3v) is 4.67. The third kappa shape index (κ3) is 7.17. The Bertz CT molecular complexity index is 1070. The molecule has 1 heterocycles. The summed E-state index contributed by atoms with van der Waals surface area (Å²) in [6, 6.07) is 8.04. The van der Waals surface area contributed by atoms with Crippen LogP contribution in [0.3, 0.4) is 0 Å². The Hall–Kier alpha value is -4.18. The van der Waals surface area contributed by atoms with Gasteiger partial charge in [-0.1, -0.05) is 18.2 Å². The number of carboxylic acids is 1. The highest BCUT2D eigenvalue weighted by Gasteiger charge is 2.13. The van der Waals surface area contributed by atoms with Crippen LogP contribution in [0.4, 0.5) is 0 Å². The molecule has 5 N–H and O–H groups in total. The topological polar surface area (TPSA) is 149 Å². The largest absolute Gasteiger partial charge is 0.504 e. The molecule has 0 aliphatic rings. The van der Waals surface area contributed by atoms with Crippen LogP contribution < -0.4 is 24.7 Å². The van der Waals surface area contributed by atoms with Crippen LogP contribution in [0.25, 0.3) is 12.2 Å². The molecule has 0 saturated heterocycles. The second-order valence-corrected chi connectivity index (χ2v) is 6.95. The number of ether oxygens (including phenoxy) is 4. The summed E-state index contributed by atoms with van der Waals surface area (Å²) in [7, 11) is 6.23. The molecule has 34 heavy (non-hydrogen) atoms. The molecule has 0 fully saturated rings. The number of aromatic amines is 1. The van der Waals surface area contributed by atoms with E-state index < -0.39 is 12.0 Å². The quantitative estimate of drug-likeness (QED) is 0.345. The number of carbonyl (C=O) groups is 1. The SMILES string of the molecule is COc1ccc(/C=C\c2cc(OC)c(OC)c(OC)c2)cc1O.N[C@@H](Cc1cnc[nH]1)C(=O)O. The average molecular weight is 472 g/mol. The van der Waals surface area contributed by atoms with Crippen LogP contribution in [0.2, 0.25) is 0 Å². The lowest BCUT2D eigenvalue weighted by atomic mass is 10.1. The van der Waals surface area contributed by atoms with E-state index in [-0.39, 0.29) is 12.2 Å². The molecule has 0 amide bonds. The number of nitrogens with zero attached hydrogens (tertiary/aromatic N) is 1. The summed E-state index contributed by atoms with van der Waals surface area (Å²) in [6.45, 7) is 0. The highest BCUT2D eigenvalue weighted by atomic mass is 16.5. The fourth-order valence-electron chi connectivity index (χ4n) is 2.92. The number of rotatable bonds is 9. The van der Waals surface area contributed by atoms with Gasteiger partial charge in [-0.3, -0.25) is 4.79 Å². The summed E-state index contributed by atoms with van der Waals surface area (Å²) in [4.78, 5) is 16.8. The molecule has 0 radical (unpaired) electrons. The number of carboxylic acid groups (broad SMARTS) is 1. The van der Waals surface area contributed by atoms with Gasteiger partial charge in [0.2, 0.25) is 5.75 Å². The van der Waals surface area contributed by atoms with Crippen molar-refractivity contribution in [1.29, 1.82) is 0 Å². The van der Waals surface area contributed by atoms with Crippen LogP contribution in [0.5, 0.6) is 28.7 Å². The number of aromatic hydroxyl groups is 1. The molecule has 10 heteroatoms. The van der Waals surface area contributed by atoms with Crippen LogP contribution in [0.1, 0.15) is 16.8 Å². The van der Waals surface area contributed by atoms with Gasteiger partial charge in [0.25, 0.3) is 0 Å². The highest BCUT2D eigenvalue weighted by molar-refractivity contribution is 5.74. The molecule has 0 bridgehead atoms. The first-order valence-electron chi connectivity index (χ1n) is 10.1. The average Bonchev–Trinajstić information content (AvgIpc) is 3.35. The van der Waals surface area contributed by atoms with Gasteiger partial charge in [0, 0.05) is 18.3 Å². The number of methoxy groups -OCH3 is 4. The number of H-pyrrole nitrogens is 1. The Morgan fingerprint density at radius 2 is 1.62 bits per heavy atom. The number of hydrogen-bond donors (Lipinski definition) is 4. The molecule has 0 aliphatic heterocycles. The van der Waals surface area contributed by atoms with Crippen molar-refractivity contribution in [2.45, 2.75) is 12.5 Å². The molecule has 10 nitrogen and oxygen atoms in total. The molecule has 3 aromatic rings. The monoisotopic (exact) mass is 471 g/mol. The minimum absolute atomic E-state index is 0.0968. The van der Waals surface area contributed by atoms with Gasteiger partial charge >= 0.3 is 5.97 Å². The molecule has 1 atom stereocenters. The molecule has 3 rings (SSSR count). The van der Waals surface area contributed by atoms with Crippen LogP contribution in [0.15, 0.2) is 42.9 Å². The van der Waals surface area contributed by atoms with E-state index in [1.165, 1.54) is 13.4 Å². The second kappa shape index (κ2) is 12.8. The van der Waals surface area contributed by atoms with E-state index in [2.05, 4.69) is 9.97 Å². The molecule has 2 aromatic carbocycles. The number of phenols is 1. The zero-order valence-electron chi connectivity index (χ0n) is 19.4. The number of phenolic OH excluding ortho intramolecular Hbond substituents is 1. The predicted octanol–water partition coefficient (Wildman–Crippen LogP) is 2.96. The van der Waals surface area contributed by atoms with Gasteiger partial charge in [-0.2, -0.15) is 0 Å². The van der Waals surface area contributed by atoms with Crippen LogP contribution in [-0.4, -0.2) is 60.6 Å². The van der Waals surface area contributed by atoms with E-state index in [4.69, 9.17) is 29.8 Å². The predicted molar refractivity (Wildman–Crippen MR) is 128 cm³/mol. The molecule has 0 saturated carbocycles. The zero-order chi connectivity index (χ0) is 25.1. The van der Waals surface area contributed by atoms with Gasteiger partial charge in [0.15, 0.2) is 23.0 Å². The number of aromatic nitrogens is 2. The summed E-state index contributed by atoms with van der Waals surface area (Å²) < 4.78 is 21.0. The fourth-order valence-corrected chi connectivity index (χ4v) is 2.92. The highest BCUT2D eigenvalue weighted by Crippen LogP contribution is 2.38. The molecule has 0 aliphatic carbocycles. The first kappa shape index (κ1) is 26.1. The summed E-state index contributed by atoms with van der Waals surface area (Å²) >= 11 is 0. The smallest absolute Gasteiger partial charge is 0.320 e. The van der Waals surface area contributed by atoms with Crippen molar-refractivity contribution in [2.24, 2.45) is 5.73 Å². The van der Waals surface area contributed by atoms with E-state index in [0.717, 1.165) is 16.8 Å². The van der Waals surface area contributed by atoms with Gasteiger partial charge in [-0.05, 0) is 35.4 Å². The van der Waals surface area contributed by atoms with Gasteiger partial charge in [0.1, 0.15) is 6.04 Å². The Morgan fingerprint density at radius 1 is 1.00 bits per heavy atom. The Kier molecular flexibility index (Phi) is 9.78. The van der Waals surface area contributed by atoms with Crippen molar-refractivity contribution in [3.8, 4) is 28.7 Å². The van der Waals surface area contributed by atoms with Crippen molar-refractivity contribution >= 4 is 18.1 Å². The van der Waals surface area contributed by atoms with E-state index in [9.17, 15) is 9.90 Å². The summed E-state index contributed by atoms with van der Waals surface area (Å²) in [5.74, 6) is 1.26. The number of nitrogens with two attached hydrogens (primary N) is 1. The van der Waals surface area contributed by atoms with Crippen molar-refractivity contribution in [3.05, 3.63) is 59.7 Å². The Labute approximate surface area is 197 Å². The van der Waals surface area contributed by atoms with E-state index in [0.29, 0.717) is 23.0 Å². The lowest BCUT2D eigenvalue weighted by molar-refractivity contribution is -0.138. The third-order valence-electron chi connectivity index (χ3n) is 4.67. The maximum atomic E-state index is 10.3. The minimum atomic E-state index is -1.00. The zero-order valence-corrected chi connectivity index (χ0v) is 19.4. The second-order valence-electron chi connectivity index (χ2n) is 6.95. The van der Waals surface area contributed by atoms with Crippen molar-refractivity contribution in [2.75, 3.05) is 28.4 Å². The number of aliphatic carboxylic acids is 1. The van der Waals surface area contributed by atoms with Crippen LogP contribution in [0, 0.1) is 0 Å². The normalized spacial score (nSPS) is 11.3. The van der Waals surface area contributed by atoms with Crippen molar-refractivity contribution < 1.29 is 34.0 Å². The summed E-state index contributed by atoms with van der Waals surface area (Å²) in [5, 5.41) is 18.2. The van der Waals surface area contributed by atoms with E-state index >= 15 is 0 Å². The van der Waals surface area contributed by atoms with Crippen molar-refractivity contribution in [1.82, 2.24) is 9.97 Å². The van der Waals surface area contributed by atoms with Crippen LogP contribution >= 0.6 is 0 Å². The number of nitrogens with one attached hydrogen (secondary N) is 1.